The second-order valence-corrected chi connectivity index (χ2v) is 7.96. The van der Waals surface area contributed by atoms with Crippen LogP contribution in [-0.4, -0.2) is 14.9 Å². The number of rotatable bonds is 7. The monoisotopic (exact) mass is 407 g/mol. The topological polar surface area (TPSA) is 42.2 Å². The molecule has 0 spiro atoms. The van der Waals surface area contributed by atoms with Gasteiger partial charge in [-0.25, -0.2) is 14.4 Å². The summed E-state index contributed by atoms with van der Waals surface area (Å²) in [4.78, 5) is 12.6. The summed E-state index contributed by atoms with van der Waals surface area (Å²) in [6.45, 7) is 6.16. The molecule has 4 nitrogen and oxygen atoms in total. The maximum Gasteiger partial charge on any atom is 0.226 e. The molecule has 0 amide bonds. The van der Waals surface area contributed by atoms with Crippen LogP contribution in [0, 0.1) is 19.7 Å². The Morgan fingerprint density at radius 2 is 1.83 bits per heavy atom. The molecule has 0 aliphatic carbocycles. The van der Waals surface area contributed by atoms with Crippen LogP contribution in [0.15, 0.2) is 64.5 Å². The molecular weight excluding hydrogens is 385 g/mol. The molecule has 2 heterocycles. The van der Waals surface area contributed by atoms with Gasteiger partial charge in [-0.05, 0) is 37.6 Å². The highest BCUT2D eigenvalue weighted by atomic mass is 32.1. The molecule has 0 fully saturated rings. The summed E-state index contributed by atoms with van der Waals surface area (Å²) in [5.74, 6) is 0.903. The maximum atomic E-state index is 13.6. The zero-order chi connectivity index (χ0) is 20.2. The van der Waals surface area contributed by atoms with Crippen molar-refractivity contribution in [3.05, 3.63) is 93.5 Å². The van der Waals surface area contributed by atoms with Crippen LogP contribution in [-0.2, 0) is 19.6 Å². The lowest BCUT2D eigenvalue weighted by Crippen LogP contribution is -2.23. The molecule has 0 radical (unpaired) electrons. The third-order valence-electron chi connectivity index (χ3n) is 4.80. The van der Waals surface area contributed by atoms with E-state index in [1.807, 2.05) is 25.4 Å². The standard InChI is InChI=1S/C23H22FN3OS/c1-16-22(29-15-25-16)14-27(12-18-7-4-3-5-8-18)13-21-17(2)28-23(26-21)19-9-6-10-20(24)11-19/h3-11,15H,12-14H2,1-2H3. The van der Waals surface area contributed by atoms with Crippen LogP contribution in [0.1, 0.15) is 27.6 Å². The average molecular weight is 408 g/mol. The lowest BCUT2D eigenvalue weighted by Gasteiger charge is -2.21. The van der Waals surface area contributed by atoms with Gasteiger partial charge in [-0.15, -0.1) is 11.3 Å². The number of benzene rings is 2. The van der Waals surface area contributed by atoms with Gasteiger partial charge in [0.2, 0.25) is 5.89 Å². The first-order valence-corrected chi connectivity index (χ1v) is 10.3. The summed E-state index contributed by atoms with van der Waals surface area (Å²) in [5.41, 5.74) is 5.69. The van der Waals surface area contributed by atoms with Crippen molar-refractivity contribution >= 4 is 11.3 Å². The zero-order valence-corrected chi connectivity index (χ0v) is 17.2. The number of thiazole rings is 1. The van der Waals surface area contributed by atoms with E-state index < -0.39 is 0 Å². The number of aryl methyl sites for hydroxylation is 2. The molecule has 0 unspecified atom stereocenters. The Hall–Kier alpha value is -2.83. The van der Waals surface area contributed by atoms with E-state index in [1.165, 1.54) is 22.6 Å². The summed E-state index contributed by atoms with van der Waals surface area (Å²) < 4.78 is 19.4. The minimum Gasteiger partial charge on any atom is -0.441 e. The molecule has 0 aliphatic rings. The van der Waals surface area contributed by atoms with E-state index in [0.717, 1.165) is 30.2 Å². The van der Waals surface area contributed by atoms with Gasteiger partial charge in [0, 0.05) is 30.1 Å². The van der Waals surface area contributed by atoms with Crippen LogP contribution in [0.3, 0.4) is 0 Å². The summed E-state index contributed by atoms with van der Waals surface area (Å²) >= 11 is 1.67. The van der Waals surface area contributed by atoms with Gasteiger partial charge in [-0.2, -0.15) is 0 Å². The van der Waals surface area contributed by atoms with Crippen molar-refractivity contribution in [3.63, 3.8) is 0 Å². The summed E-state index contributed by atoms with van der Waals surface area (Å²) in [6.07, 6.45) is 0. The van der Waals surface area contributed by atoms with Crippen molar-refractivity contribution < 1.29 is 8.81 Å². The van der Waals surface area contributed by atoms with Gasteiger partial charge >= 0.3 is 0 Å². The van der Waals surface area contributed by atoms with Crippen LogP contribution >= 0.6 is 11.3 Å². The fourth-order valence-corrected chi connectivity index (χ4v) is 4.04. The van der Waals surface area contributed by atoms with Crippen LogP contribution < -0.4 is 0 Å². The van der Waals surface area contributed by atoms with Crippen molar-refractivity contribution in [2.24, 2.45) is 0 Å². The van der Waals surface area contributed by atoms with Gasteiger partial charge in [0.25, 0.3) is 0 Å². The molecule has 2 aromatic heterocycles. The van der Waals surface area contributed by atoms with Crippen molar-refractivity contribution in [1.29, 1.82) is 0 Å². The van der Waals surface area contributed by atoms with E-state index in [9.17, 15) is 4.39 Å². The SMILES string of the molecule is Cc1ncsc1CN(Cc1ccccc1)Cc1nc(-c2cccc(F)c2)oc1C. The van der Waals surface area contributed by atoms with Gasteiger partial charge in [-0.1, -0.05) is 36.4 Å². The highest BCUT2D eigenvalue weighted by Crippen LogP contribution is 2.25. The van der Waals surface area contributed by atoms with E-state index in [2.05, 4.69) is 39.1 Å². The minimum absolute atomic E-state index is 0.300. The number of hydrogen-bond donors (Lipinski definition) is 0. The van der Waals surface area contributed by atoms with E-state index in [4.69, 9.17) is 4.42 Å². The van der Waals surface area contributed by atoms with Gasteiger partial charge in [-0.3, -0.25) is 4.90 Å². The lowest BCUT2D eigenvalue weighted by atomic mass is 10.2. The Bertz CT molecular complexity index is 1090. The first-order chi connectivity index (χ1) is 14.1. The molecule has 0 atom stereocenters. The molecule has 0 saturated heterocycles. The second kappa shape index (κ2) is 8.68. The number of halogens is 1. The number of oxazole rings is 1. The Morgan fingerprint density at radius 3 is 2.55 bits per heavy atom. The minimum atomic E-state index is -0.300. The molecule has 4 rings (SSSR count). The lowest BCUT2D eigenvalue weighted by molar-refractivity contribution is 0.245. The predicted molar refractivity (Wildman–Crippen MR) is 113 cm³/mol. The molecule has 6 heteroatoms. The van der Waals surface area contributed by atoms with Gasteiger partial charge < -0.3 is 4.42 Å². The summed E-state index contributed by atoms with van der Waals surface area (Å²) in [5, 5.41) is 0. The fraction of sp³-hybridized carbons (Fsp3) is 0.217. The first kappa shape index (κ1) is 19.5. The van der Waals surface area contributed by atoms with E-state index >= 15 is 0 Å². The smallest absolute Gasteiger partial charge is 0.226 e. The Kier molecular flexibility index (Phi) is 5.83. The van der Waals surface area contributed by atoms with Crippen molar-refractivity contribution in [3.8, 4) is 11.5 Å². The second-order valence-electron chi connectivity index (χ2n) is 7.02. The van der Waals surface area contributed by atoms with Crippen molar-refractivity contribution in [1.82, 2.24) is 14.9 Å². The van der Waals surface area contributed by atoms with Crippen LogP contribution in [0.2, 0.25) is 0 Å². The Labute approximate surface area is 173 Å². The van der Waals surface area contributed by atoms with E-state index in [-0.39, 0.29) is 5.82 Å². The molecule has 0 bridgehead atoms. The summed E-state index contributed by atoms with van der Waals surface area (Å²) in [7, 11) is 0. The molecule has 0 N–H and O–H groups in total. The predicted octanol–water partition coefficient (Wildman–Crippen LogP) is 5.76. The Balaban J connectivity index is 1.59. The normalized spacial score (nSPS) is 11.3. The highest BCUT2D eigenvalue weighted by Gasteiger charge is 2.17. The molecule has 4 aromatic rings. The third kappa shape index (κ3) is 4.78. The quantitative estimate of drug-likeness (QED) is 0.391. The van der Waals surface area contributed by atoms with Crippen LogP contribution in [0.5, 0.6) is 0 Å². The molecule has 29 heavy (non-hydrogen) atoms. The highest BCUT2D eigenvalue weighted by molar-refractivity contribution is 7.09. The molecule has 0 aliphatic heterocycles. The van der Waals surface area contributed by atoms with Crippen molar-refractivity contribution in [2.45, 2.75) is 33.5 Å². The van der Waals surface area contributed by atoms with Crippen molar-refractivity contribution in [2.75, 3.05) is 0 Å². The van der Waals surface area contributed by atoms with Crippen LogP contribution in [0.25, 0.3) is 11.5 Å². The number of nitrogens with zero attached hydrogens (tertiary/aromatic N) is 3. The summed E-state index contributed by atoms with van der Waals surface area (Å²) in [6, 6.07) is 16.7. The van der Waals surface area contributed by atoms with Crippen LogP contribution in [0.4, 0.5) is 4.39 Å². The third-order valence-corrected chi connectivity index (χ3v) is 5.72. The molecule has 0 saturated carbocycles. The zero-order valence-electron chi connectivity index (χ0n) is 16.4. The van der Waals surface area contributed by atoms with E-state index in [0.29, 0.717) is 18.0 Å². The average Bonchev–Trinajstić information content (AvgIpc) is 3.28. The van der Waals surface area contributed by atoms with Gasteiger partial charge in [0.05, 0.1) is 16.9 Å². The Morgan fingerprint density at radius 1 is 1.00 bits per heavy atom. The first-order valence-electron chi connectivity index (χ1n) is 9.46. The van der Waals surface area contributed by atoms with Gasteiger partial charge in [0.1, 0.15) is 11.6 Å². The molecule has 148 valence electrons. The largest absolute Gasteiger partial charge is 0.441 e. The molecular formula is C23H22FN3OS. The van der Waals surface area contributed by atoms with Gasteiger partial charge in [0.15, 0.2) is 0 Å². The fourth-order valence-electron chi connectivity index (χ4n) is 3.22. The van der Waals surface area contributed by atoms with E-state index in [1.54, 1.807) is 23.5 Å². The maximum absolute atomic E-state index is 13.6. The number of aromatic nitrogens is 2. The molecule has 2 aromatic carbocycles. The number of hydrogen-bond acceptors (Lipinski definition) is 5.